The molecule has 1 N–H and O–H groups in total. The van der Waals surface area contributed by atoms with Crippen molar-refractivity contribution in [2.24, 2.45) is 0 Å². The summed E-state index contributed by atoms with van der Waals surface area (Å²) in [5, 5.41) is 4.49. The van der Waals surface area contributed by atoms with Gasteiger partial charge < -0.3 is 5.32 Å². The maximum atomic E-state index is 12.6. The third-order valence-electron chi connectivity index (χ3n) is 5.17. The third-order valence-corrected chi connectivity index (χ3v) is 9.33. The zero-order valence-electron chi connectivity index (χ0n) is 18.8. The molecule has 2 heterocycles. The number of carbonyl (C=O) groups is 1. The highest BCUT2D eigenvalue weighted by Gasteiger charge is 2.21. The van der Waals surface area contributed by atoms with Crippen LogP contribution in [0.3, 0.4) is 0 Å². The number of hydrogen-bond donors (Lipinski definition) is 1. The first kappa shape index (κ1) is 24.3. The lowest BCUT2D eigenvalue weighted by molar-refractivity contribution is -0.113. The Kier molecular flexibility index (Phi) is 7.62. The summed E-state index contributed by atoms with van der Waals surface area (Å²) in [6.07, 6.45) is 1.52. The van der Waals surface area contributed by atoms with E-state index < -0.39 is 10.0 Å². The molecule has 0 spiro atoms. The summed E-state index contributed by atoms with van der Waals surface area (Å²) in [5.41, 5.74) is 1.66. The lowest BCUT2D eigenvalue weighted by Crippen LogP contribution is -2.30. The number of nitrogens with one attached hydrogen (secondary N) is 1. The summed E-state index contributed by atoms with van der Waals surface area (Å²) >= 11 is 2.94. The van der Waals surface area contributed by atoms with Gasteiger partial charge in [-0.2, -0.15) is 4.31 Å². The lowest BCUT2D eigenvalue weighted by Gasteiger charge is -2.18. The second-order valence-corrected chi connectivity index (χ2v) is 11.3. The Hall–Kier alpha value is -2.79. The predicted octanol–water partition coefficient (Wildman–Crippen LogP) is 5.12. The molecule has 2 aromatic heterocycles. The molecular formula is C24H24N4O3S3. The molecule has 0 unspecified atom stereocenters. The van der Waals surface area contributed by atoms with E-state index in [1.54, 1.807) is 37.3 Å². The molecule has 0 saturated heterocycles. The lowest BCUT2D eigenvalue weighted by atomic mass is 10.2. The van der Waals surface area contributed by atoms with Gasteiger partial charge in [-0.15, -0.1) is 11.3 Å². The number of fused-ring (bicyclic) bond motifs is 1. The van der Waals surface area contributed by atoms with E-state index in [2.05, 4.69) is 33.5 Å². The first-order valence-electron chi connectivity index (χ1n) is 10.7. The van der Waals surface area contributed by atoms with Crippen LogP contribution in [-0.2, 0) is 14.8 Å². The summed E-state index contributed by atoms with van der Waals surface area (Å²) in [5.74, 6) is -0.0306. The Morgan fingerprint density at radius 3 is 2.41 bits per heavy atom. The summed E-state index contributed by atoms with van der Waals surface area (Å²) in [4.78, 5) is 23.5. The first-order chi connectivity index (χ1) is 16.4. The average molecular weight is 513 g/mol. The van der Waals surface area contributed by atoms with E-state index >= 15 is 0 Å². The summed E-state index contributed by atoms with van der Waals surface area (Å²) in [6, 6.07) is 18.4. The fourth-order valence-electron chi connectivity index (χ4n) is 3.45. The second kappa shape index (κ2) is 10.6. The molecule has 0 aliphatic carbocycles. The van der Waals surface area contributed by atoms with Crippen LogP contribution in [0.2, 0.25) is 0 Å². The van der Waals surface area contributed by atoms with Crippen LogP contribution in [0.1, 0.15) is 13.8 Å². The van der Waals surface area contributed by atoms with Crippen LogP contribution in [-0.4, -0.2) is 47.4 Å². The van der Waals surface area contributed by atoms with Gasteiger partial charge in [0.2, 0.25) is 15.9 Å². The van der Waals surface area contributed by atoms with Crippen LogP contribution in [0.4, 0.5) is 5.69 Å². The fraction of sp³-hybridized carbons (Fsp3) is 0.208. The van der Waals surface area contributed by atoms with Gasteiger partial charge in [0.25, 0.3) is 0 Å². The van der Waals surface area contributed by atoms with Crippen molar-refractivity contribution in [2.45, 2.75) is 23.8 Å². The van der Waals surface area contributed by atoms with E-state index in [4.69, 9.17) is 0 Å². The average Bonchev–Trinajstić information content (AvgIpc) is 3.29. The highest BCUT2D eigenvalue weighted by atomic mass is 32.2. The maximum absolute atomic E-state index is 12.6. The molecule has 0 aliphatic rings. The van der Waals surface area contributed by atoms with Crippen LogP contribution < -0.4 is 5.32 Å². The van der Waals surface area contributed by atoms with Gasteiger partial charge in [-0.25, -0.2) is 18.4 Å². The molecule has 7 nitrogen and oxygen atoms in total. The number of thiophene rings is 1. The minimum atomic E-state index is -3.53. The Morgan fingerprint density at radius 2 is 1.74 bits per heavy atom. The maximum Gasteiger partial charge on any atom is 0.243 e. The van der Waals surface area contributed by atoms with Crippen molar-refractivity contribution < 1.29 is 13.2 Å². The molecule has 34 heavy (non-hydrogen) atoms. The Morgan fingerprint density at radius 1 is 1.03 bits per heavy atom. The number of carbonyl (C=O) groups excluding carboxylic acids is 1. The van der Waals surface area contributed by atoms with Crippen molar-refractivity contribution in [2.75, 3.05) is 24.2 Å². The smallest absolute Gasteiger partial charge is 0.243 e. The Balaban J connectivity index is 1.42. The molecule has 0 fully saturated rings. The molecule has 4 rings (SSSR count). The number of benzene rings is 2. The van der Waals surface area contributed by atoms with Crippen molar-refractivity contribution in [3.8, 4) is 10.4 Å². The largest absolute Gasteiger partial charge is 0.325 e. The molecule has 176 valence electrons. The van der Waals surface area contributed by atoms with E-state index in [0.717, 1.165) is 25.7 Å². The van der Waals surface area contributed by atoms with E-state index in [1.165, 1.54) is 34.5 Å². The van der Waals surface area contributed by atoms with E-state index in [9.17, 15) is 13.2 Å². The number of sulfonamides is 1. The zero-order chi connectivity index (χ0) is 24.1. The highest BCUT2D eigenvalue weighted by molar-refractivity contribution is 8.00. The van der Waals surface area contributed by atoms with Gasteiger partial charge in [-0.3, -0.25) is 4.79 Å². The van der Waals surface area contributed by atoms with Crippen molar-refractivity contribution in [3.63, 3.8) is 0 Å². The van der Waals surface area contributed by atoms with Gasteiger partial charge in [0, 0.05) is 29.0 Å². The van der Waals surface area contributed by atoms with Crippen LogP contribution in [0.5, 0.6) is 0 Å². The molecule has 10 heteroatoms. The predicted molar refractivity (Wildman–Crippen MR) is 139 cm³/mol. The van der Waals surface area contributed by atoms with Crippen LogP contribution >= 0.6 is 23.1 Å². The number of hydrogen-bond acceptors (Lipinski definition) is 7. The fourth-order valence-corrected chi connectivity index (χ4v) is 6.75. The van der Waals surface area contributed by atoms with Crippen molar-refractivity contribution in [1.82, 2.24) is 14.3 Å². The van der Waals surface area contributed by atoms with Gasteiger partial charge in [0.05, 0.1) is 10.6 Å². The summed E-state index contributed by atoms with van der Waals surface area (Å²) in [6.45, 7) is 4.41. The van der Waals surface area contributed by atoms with Crippen LogP contribution in [0.25, 0.3) is 20.7 Å². The van der Waals surface area contributed by atoms with Gasteiger partial charge >= 0.3 is 0 Å². The van der Waals surface area contributed by atoms with E-state index in [1.807, 2.05) is 18.2 Å². The number of aromatic nitrogens is 2. The number of nitrogens with zero attached hydrogens (tertiary/aromatic N) is 3. The number of rotatable bonds is 9. The zero-order valence-corrected chi connectivity index (χ0v) is 21.2. The normalized spacial score (nSPS) is 11.7. The van der Waals surface area contributed by atoms with Crippen molar-refractivity contribution >= 4 is 54.9 Å². The minimum absolute atomic E-state index is 0.169. The Bertz CT molecular complexity index is 1380. The van der Waals surface area contributed by atoms with E-state index in [0.29, 0.717) is 18.8 Å². The highest BCUT2D eigenvalue weighted by Crippen LogP contribution is 2.36. The SMILES string of the molecule is CCN(CC)S(=O)(=O)c1ccc(NC(=O)CSc2ncnc3sc(-c4ccccc4)cc23)cc1. The molecule has 4 aromatic rings. The summed E-state index contributed by atoms with van der Waals surface area (Å²) in [7, 11) is -3.53. The molecule has 0 atom stereocenters. The third kappa shape index (κ3) is 5.30. The number of amides is 1. The molecule has 1 amide bonds. The van der Waals surface area contributed by atoms with Gasteiger partial charge in [-0.05, 0) is 35.9 Å². The monoisotopic (exact) mass is 512 g/mol. The molecule has 0 aliphatic heterocycles. The molecule has 2 aromatic carbocycles. The second-order valence-electron chi connectivity index (χ2n) is 7.32. The molecule has 0 radical (unpaired) electrons. The quantitative estimate of drug-likeness (QED) is 0.247. The van der Waals surface area contributed by atoms with Gasteiger partial charge in [0.15, 0.2) is 0 Å². The van der Waals surface area contributed by atoms with Crippen LogP contribution in [0, 0.1) is 0 Å². The van der Waals surface area contributed by atoms with E-state index in [-0.39, 0.29) is 16.6 Å². The number of thioether (sulfide) groups is 1. The van der Waals surface area contributed by atoms with Gasteiger partial charge in [0.1, 0.15) is 16.2 Å². The van der Waals surface area contributed by atoms with Crippen LogP contribution in [0.15, 0.2) is 76.9 Å². The van der Waals surface area contributed by atoms with Gasteiger partial charge in [-0.1, -0.05) is 55.9 Å². The van der Waals surface area contributed by atoms with Crippen molar-refractivity contribution in [3.05, 3.63) is 67.0 Å². The number of anilines is 1. The first-order valence-corrected chi connectivity index (χ1v) is 14.0. The summed E-state index contributed by atoms with van der Waals surface area (Å²) < 4.78 is 26.6. The Labute approximate surface area is 207 Å². The minimum Gasteiger partial charge on any atom is -0.325 e. The molecule has 0 bridgehead atoms. The molecule has 0 saturated carbocycles. The molecular weight excluding hydrogens is 488 g/mol. The standard InChI is InChI=1S/C24H24N4O3S3/c1-3-28(4-2)34(30,31)19-12-10-18(11-13-19)27-22(29)15-32-23-20-14-21(17-8-6-5-7-9-17)33-24(20)26-16-25-23/h5-14,16H,3-4,15H2,1-2H3,(H,27,29). The topological polar surface area (TPSA) is 92.3 Å². The van der Waals surface area contributed by atoms with Crippen molar-refractivity contribution in [1.29, 1.82) is 0 Å².